The van der Waals surface area contributed by atoms with Crippen molar-refractivity contribution < 1.29 is 0 Å². The van der Waals surface area contributed by atoms with Gasteiger partial charge in [0.25, 0.3) is 0 Å². The predicted molar refractivity (Wildman–Crippen MR) is 220 cm³/mol. The van der Waals surface area contributed by atoms with Crippen LogP contribution in [0.25, 0.3) is 86.2 Å². The molecule has 0 spiro atoms. The lowest BCUT2D eigenvalue weighted by Crippen LogP contribution is -2.24. The molecule has 0 amide bonds. The minimum absolute atomic E-state index is 0.116. The van der Waals surface area contributed by atoms with Crippen molar-refractivity contribution in [3.8, 4) is 44.5 Å². The van der Waals surface area contributed by atoms with Crippen LogP contribution in [0.5, 0.6) is 0 Å². The highest BCUT2D eigenvalue weighted by Crippen LogP contribution is 2.64. The third kappa shape index (κ3) is 3.69. The highest BCUT2D eigenvalue weighted by molar-refractivity contribution is 7.26. The topological polar surface area (TPSA) is 0 Å². The first-order chi connectivity index (χ1) is 24.9. The van der Waals surface area contributed by atoms with E-state index < -0.39 is 0 Å². The molecule has 11 rings (SSSR count). The first-order valence-electron chi connectivity index (χ1n) is 18.1. The maximum absolute atomic E-state index is 2.55. The molecular weight excluding hydrogens is 633 g/mol. The van der Waals surface area contributed by atoms with Crippen molar-refractivity contribution in [3.63, 3.8) is 0 Å². The van der Waals surface area contributed by atoms with Crippen LogP contribution >= 0.6 is 11.3 Å². The van der Waals surface area contributed by atoms with Gasteiger partial charge in [-0.3, -0.25) is 0 Å². The number of benzene rings is 8. The largest absolute Gasteiger partial charge is 0.134 e. The summed E-state index contributed by atoms with van der Waals surface area (Å²) in [6.45, 7) is 9.87. The summed E-state index contributed by atoms with van der Waals surface area (Å²) in [5.41, 5.74) is 16.5. The number of rotatable bonds is 2. The second-order valence-corrected chi connectivity index (χ2v) is 16.6. The lowest BCUT2D eigenvalue weighted by Gasteiger charge is -2.31. The van der Waals surface area contributed by atoms with E-state index in [2.05, 4.69) is 173 Å². The molecule has 0 saturated heterocycles. The van der Waals surface area contributed by atoms with E-state index in [-0.39, 0.29) is 10.8 Å². The van der Waals surface area contributed by atoms with Crippen LogP contribution in [0.3, 0.4) is 0 Å². The Balaban J connectivity index is 1.24. The summed E-state index contributed by atoms with van der Waals surface area (Å²) in [4.78, 5) is 0. The fraction of sp³-hybridized carbons (Fsp3) is 0.120. The minimum Gasteiger partial charge on any atom is -0.134 e. The summed E-state index contributed by atoms with van der Waals surface area (Å²) in [5, 5.41) is 8.00. The van der Waals surface area contributed by atoms with Crippen LogP contribution in [-0.4, -0.2) is 0 Å². The molecule has 2 aliphatic rings. The predicted octanol–water partition coefficient (Wildman–Crippen LogP) is 14.3. The van der Waals surface area contributed by atoms with E-state index >= 15 is 0 Å². The number of fused-ring (bicyclic) bond motifs is 14. The van der Waals surface area contributed by atoms with E-state index in [0.29, 0.717) is 0 Å². The lowest BCUT2D eigenvalue weighted by molar-refractivity contribution is 0.602. The standard InChI is InChI=1S/C50H36S/c1-49(2)38-24-14-12-22-35(38)43-44-37-23-13-15-25-40(37)51-48(44)45-36-27-26-30(28-39(36)50(3,4)47(45)46(43)49)42-33-20-10-8-18-31(33)41(29-16-6-5-7-17-29)32-19-9-11-21-34(32)42/h5-28H,1-4H3. The smallest absolute Gasteiger partial charge is 0.0443 e. The van der Waals surface area contributed by atoms with E-state index in [9.17, 15) is 0 Å². The summed E-state index contributed by atoms with van der Waals surface area (Å²) in [6, 6.07) is 54.6. The zero-order chi connectivity index (χ0) is 34.2. The van der Waals surface area contributed by atoms with Gasteiger partial charge in [0.1, 0.15) is 0 Å². The minimum atomic E-state index is -0.190. The van der Waals surface area contributed by atoms with E-state index in [1.54, 1.807) is 0 Å². The molecule has 242 valence electrons. The molecule has 0 aliphatic heterocycles. The molecule has 2 aliphatic carbocycles. The number of hydrogen-bond acceptors (Lipinski definition) is 1. The molecule has 0 unspecified atom stereocenters. The van der Waals surface area contributed by atoms with Crippen molar-refractivity contribution in [2.24, 2.45) is 0 Å². The molecular formula is C50H36S. The Kier molecular flexibility index (Phi) is 5.77. The second-order valence-electron chi connectivity index (χ2n) is 15.6. The van der Waals surface area contributed by atoms with Crippen LogP contribution in [0.4, 0.5) is 0 Å². The number of hydrogen-bond donors (Lipinski definition) is 0. The maximum atomic E-state index is 2.55. The maximum Gasteiger partial charge on any atom is 0.0443 e. The first kappa shape index (κ1) is 29.3. The molecule has 0 fully saturated rings. The van der Waals surface area contributed by atoms with Crippen molar-refractivity contribution in [1.82, 2.24) is 0 Å². The van der Waals surface area contributed by atoms with Gasteiger partial charge in [-0.25, -0.2) is 0 Å². The zero-order valence-electron chi connectivity index (χ0n) is 29.3. The molecule has 0 radical (unpaired) electrons. The van der Waals surface area contributed by atoms with E-state index in [0.717, 1.165) is 0 Å². The van der Waals surface area contributed by atoms with Crippen molar-refractivity contribution >= 4 is 53.1 Å². The highest BCUT2D eigenvalue weighted by atomic mass is 32.1. The van der Waals surface area contributed by atoms with E-state index in [1.807, 2.05) is 11.3 Å². The fourth-order valence-electron chi connectivity index (χ4n) is 10.0. The van der Waals surface area contributed by atoms with Gasteiger partial charge in [-0.2, -0.15) is 0 Å². The Morgan fingerprint density at radius 3 is 1.59 bits per heavy atom. The average molecular weight is 669 g/mol. The summed E-state index contributed by atoms with van der Waals surface area (Å²) in [6.07, 6.45) is 0. The van der Waals surface area contributed by atoms with Gasteiger partial charge >= 0.3 is 0 Å². The van der Waals surface area contributed by atoms with Crippen molar-refractivity contribution in [2.75, 3.05) is 0 Å². The lowest BCUT2D eigenvalue weighted by atomic mass is 9.72. The molecule has 1 heterocycles. The summed E-state index contributed by atoms with van der Waals surface area (Å²) < 4.78 is 2.80. The van der Waals surface area contributed by atoms with Gasteiger partial charge in [-0.05, 0) is 94.9 Å². The second kappa shape index (κ2) is 10.1. The van der Waals surface area contributed by atoms with Gasteiger partial charge in [0.15, 0.2) is 0 Å². The molecule has 0 bridgehead atoms. The van der Waals surface area contributed by atoms with Gasteiger partial charge in [0.2, 0.25) is 0 Å². The van der Waals surface area contributed by atoms with Gasteiger partial charge in [-0.15, -0.1) is 11.3 Å². The summed E-state index contributed by atoms with van der Waals surface area (Å²) >= 11 is 1.98. The molecule has 1 heteroatoms. The van der Waals surface area contributed by atoms with Crippen LogP contribution in [0.1, 0.15) is 49.9 Å². The average Bonchev–Trinajstić information content (AvgIpc) is 3.74. The van der Waals surface area contributed by atoms with Crippen molar-refractivity contribution in [2.45, 2.75) is 38.5 Å². The molecule has 0 N–H and O–H groups in total. The third-order valence-electron chi connectivity index (χ3n) is 12.2. The first-order valence-corrected chi connectivity index (χ1v) is 18.9. The van der Waals surface area contributed by atoms with Gasteiger partial charge in [-0.1, -0.05) is 161 Å². The molecule has 51 heavy (non-hydrogen) atoms. The van der Waals surface area contributed by atoms with Gasteiger partial charge in [0, 0.05) is 36.6 Å². The summed E-state index contributed by atoms with van der Waals surface area (Å²) in [7, 11) is 0. The van der Waals surface area contributed by atoms with Crippen LogP contribution in [0.15, 0.2) is 146 Å². The van der Waals surface area contributed by atoms with Crippen LogP contribution < -0.4 is 0 Å². The van der Waals surface area contributed by atoms with Crippen LogP contribution in [-0.2, 0) is 10.8 Å². The highest BCUT2D eigenvalue weighted by Gasteiger charge is 2.48. The Bertz CT molecular complexity index is 2900. The van der Waals surface area contributed by atoms with E-state index in [4.69, 9.17) is 0 Å². The van der Waals surface area contributed by atoms with Gasteiger partial charge in [0.05, 0.1) is 0 Å². The Morgan fingerprint density at radius 2 is 0.902 bits per heavy atom. The molecule has 0 saturated carbocycles. The van der Waals surface area contributed by atoms with E-state index in [1.165, 1.54) is 108 Å². The van der Waals surface area contributed by atoms with Crippen molar-refractivity contribution in [3.05, 3.63) is 168 Å². The molecule has 8 aromatic carbocycles. The fourth-order valence-corrected chi connectivity index (χ4v) is 11.3. The quantitative estimate of drug-likeness (QED) is 0.161. The monoisotopic (exact) mass is 668 g/mol. The molecule has 0 nitrogen and oxygen atoms in total. The van der Waals surface area contributed by atoms with Crippen molar-refractivity contribution in [1.29, 1.82) is 0 Å². The third-order valence-corrected chi connectivity index (χ3v) is 13.4. The Labute approximate surface area is 302 Å². The molecule has 1 aromatic heterocycles. The Hall–Kier alpha value is -5.50. The van der Waals surface area contributed by atoms with Gasteiger partial charge < -0.3 is 0 Å². The molecule has 0 atom stereocenters. The number of thiophene rings is 1. The van der Waals surface area contributed by atoms with Crippen LogP contribution in [0.2, 0.25) is 0 Å². The zero-order valence-corrected chi connectivity index (χ0v) is 30.1. The summed E-state index contributed by atoms with van der Waals surface area (Å²) in [5.74, 6) is 0. The SMILES string of the molecule is CC1(C)c2cc(-c3c4ccccc4c(-c4ccccc4)c4ccccc34)ccc2-c2c1c1c(c3c2sc2ccccc23)-c2ccccc2C1(C)C. The normalized spacial score (nSPS) is 15.0. The van der Waals surface area contributed by atoms with Crippen LogP contribution in [0, 0.1) is 0 Å². The Morgan fingerprint density at radius 1 is 0.392 bits per heavy atom. The molecule has 9 aromatic rings.